The van der Waals surface area contributed by atoms with E-state index in [4.69, 9.17) is 5.11 Å². The number of carboxylic acid groups (broad SMARTS) is 1. The summed E-state index contributed by atoms with van der Waals surface area (Å²) in [5.74, 6) is -2.89. The van der Waals surface area contributed by atoms with Gasteiger partial charge in [-0.2, -0.15) is 0 Å². The Balaban J connectivity index is 3.24. The van der Waals surface area contributed by atoms with E-state index in [1.54, 1.807) is 13.8 Å². The molecule has 4 heteroatoms. The van der Waals surface area contributed by atoms with E-state index in [1.165, 1.54) is 6.07 Å². The minimum absolute atomic E-state index is 0.404. The molecule has 0 amide bonds. The van der Waals surface area contributed by atoms with Gasteiger partial charge in [-0.05, 0) is 36.6 Å². The molecule has 0 aliphatic rings. The van der Waals surface area contributed by atoms with Crippen LogP contribution in [0, 0.1) is 12.7 Å². The number of aliphatic carboxylic acids is 1. The molecule has 0 radical (unpaired) electrons. The lowest BCUT2D eigenvalue weighted by molar-refractivity contribution is -0.138. The number of hydrogen-bond donors (Lipinski definition) is 2. The van der Waals surface area contributed by atoms with Gasteiger partial charge in [-0.1, -0.05) is 6.92 Å². The first-order chi connectivity index (χ1) is 6.97. The minimum atomic E-state index is -0.966. The maximum absolute atomic E-state index is 12.9. The van der Waals surface area contributed by atoms with Gasteiger partial charge in [-0.25, -0.2) is 4.39 Å². The molecule has 0 aliphatic carbocycles. The Morgan fingerprint density at radius 3 is 2.60 bits per heavy atom. The van der Waals surface area contributed by atoms with Crippen molar-refractivity contribution in [2.75, 3.05) is 0 Å². The lowest BCUT2D eigenvalue weighted by atomic mass is 9.92. The van der Waals surface area contributed by atoms with Gasteiger partial charge >= 0.3 is 5.97 Å². The number of phenols is 1. The highest BCUT2D eigenvalue weighted by Crippen LogP contribution is 2.28. The van der Waals surface area contributed by atoms with Crippen LogP contribution < -0.4 is 0 Å². The average Bonchev–Trinajstić information content (AvgIpc) is 2.14. The molecule has 0 heterocycles. The zero-order valence-corrected chi connectivity index (χ0v) is 8.62. The van der Waals surface area contributed by atoms with Crippen LogP contribution in [0.25, 0.3) is 0 Å². The fraction of sp³-hybridized carbons (Fsp3) is 0.364. The topological polar surface area (TPSA) is 57.5 Å². The predicted molar refractivity (Wildman–Crippen MR) is 53.5 cm³/mol. The summed E-state index contributed by atoms with van der Waals surface area (Å²) in [5, 5.41) is 18.1. The van der Waals surface area contributed by atoms with Crippen molar-refractivity contribution in [2.24, 2.45) is 0 Å². The number of phenolic OH excluding ortho intramolecular Hbond substituents is 1. The van der Waals surface area contributed by atoms with E-state index < -0.39 is 23.5 Å². The third-order valence-electron chi connectivity index (χ3n) is 2.42. The largest absolute Gasteiger partial charge is 0.505 e. The van der Waals surface area contributed by atoms with Gasteiger partial charge in [0.25, 0.3) is 0 Å². The van der Waals surface area contributed by atoms with Crippen molar-refractivity contribution in [1.29, 1.82) is 0 Å². The number of hydrogen-bond acceptors (Lipinski definition) is 2. The molecular formula is C11H13FO3. The molecule has 0 saturated carbocycles. The molecule has 0 saturated heterocycles. The maximum atomic E-state index is 12.9. The van der Waals surface area contributed by atoms with Gasteiger partial charge in [0, 0.05) is 0 Å². The normalized spacial score (nSPS) is 12.5. The minimum Gasteiger partial charge on any atom is -0.505 e. The Kier molecular flexibility index (Phi) is 3.29. The number of carbonyl (C=O) groups is 1. The fourth-order valence-electron chi connectivity index (χ4n) is 1.58. The molecule has 1 rings (SSSR count). The van der Waals surface area contributed by atoms with Crippen molar-refractivity contribution in [2.45, 2.75) is 26.2 Å². The fourth-order valence-corrected chi connectivity index (χ4v) is 1.58. The second-order valence-electron chi connectivity index (χ2n) is 3.46. The Bertz CT molecular complexity index is 388. The van der Waals surface area contributed by atoms with E-state index in [0.717, 1.165) is 6.07 Å². The van der Waals surface area contributed by atoms with Crippen molar-refractivity contribution in [1.82, 2.24) is 0 Å². The lowest BCUT2D eigenvalue weighted by Crippen LogP contribution is -2.12. The number of aryl methyl sites for hydroxylation is 1. The van der Waals surface area contributed by atoms with E-state index in [9.17, 15) is 14.3 Å². The Morgan fingerprint density at radius 1 is 1.53 bits per heavy atom. The second kappa shape index (κ2) is 4.29. The van der Waals surface area contributed by atoms with Gasteiger partial charge in [0.2, 0.25) is 0 Å². The van der Waals surface area contributed by atoms with Crippen LogP contribution in [0.1, 0.15) is 30.4 Å². The van der Waals surface area contributed by atoms with E-state index in [2.05, 4.69) is 0 Å². The summed E-state index contributed by atoms with van der Waals surface area (Å²) >= 11 is 0. The van der Waals surface area contributed by atoms with Crippen LogP contribution in [0.2, 0.25) is 0 Å². The number of rotatable bonds is 3. The van der Waals surface area contributed by atoms with Gasteiger partial charge in [-0.3, -0.25) is 4.79 Å². The number of aromatic hydroxyl groups is 1. The van der Waals surface area contributed by atoms with Crippen LogP contribution >= 0.6 is 0 Å². The van der Waals surface area contributed by atoms with E-state index in [-0.39, 0.29) is 0 Å². The molecule has 15 heavy (non-hydrogen) atoms. The molecule has 0 spiro atoms. The summed E-state index contributed by atoms with van der Waals surface area (Å²) in [6, 6.07) is 2.34. The molecule has 1 atom stereocenters. The van der Waals surface area contributed by atoms with Crippen molar-refractivity contribution in [3.63, 3.8) is 0 Å². The van der Waals surface area contributed by atoms with Gasteiger partial charge in [0.05, 0.1) is 5.92 Å². The number of carboxylic acids is 1. The molecule has 82 valence electrons. The van der Waals surface area contributed by atoms with Gasteiger partial charge in [-0.15, -0.1) is 0 Å². The third-order valence-corrected chi connectivity index (χ3v) is 2.42. The van der Waals surface area contributed by atoms with Crippen LogP contribution in [0.15, 0.2) is 12.1 Å². The van der Waals surface area contributed by atoms with Crippen LogP contribution in [-0.4, -0.2) is 16.2 Å². The summed E-state index contributed by atoms with van der Waals surface area (Å²) in [6.45, 7) is 3.36. The Morgan fingerprint density at radius 2 is 2.13 bits per heavy atom. The van der Waals surface area contributed by atoms with Gasteiger partial charge < -0.3 is 10.2 Å². The van der Waals surface area contributed by atoms with Crippen LogP contribution in [0.3, 0.4) is 0 Å². The second-order valence-corrected chi connectivity index (χ2v) is 3.46. The van der Waals surface area contributed by atoms with Crippen LogP contribution in [0.4, 0.5) is 4.39 Å². The van der Waals surface area contributed by atoms with Crippen molar-refractivity contribution >= 4 is 5.97 Å². The molecule has 3 nitrogen and oxygen atoms in total. The number of halogens is 1. The highest BCUT2D eigenvalue weighted by molar-refractivity contribution is 5.76. The predicted octanol–water partition coefficient (Wildman–Crippen LogP) is 2.42. The van der Waals surface area contributed by atoms with Crippen molar-refractivity contribution in [3.05, 3.63) is 29.1 Å². The SMILES string of the molecule is CCC(C(=O)O)c1cc(O)c(F)cc1C. The first kappa shape index (κ1) is 11.5. The zero-order chi connectivity index (χ0) is 11.6. The lowest BCUT2D eigenvalue weighted by Gasteiger charge is -2.13. The molecule has 0 aromatic heterocycles. The molecule has 1 aromatic carbocycles. The Labute approximate surface area is 87.2 Å². The molecule has 2 N–H and O–H groups in total. The quantitative estimate of drug-likeness (QED) is 0.808. The molecular weight excluding hydrogens is 199 g/mol. The van der Waals surface area contributed by atoms with Crippen molar-refractivity contribution < 1.29 is 19.4 Å². The van der Waals surface area contributed by atoms with Gasteiger partial charge in [0.1, 0.15) is 0 Å². The van der Waals surface area contributed by atoms with Crippen LogP contribution in [-0.2, 0) is 4.79 Å². The first-order valence-corrected chi connectivity index (χ1v) is 4.69. The molecule has 1 aromatic rings. The van der Waals surface area contributed by atoms with Crippen molar-refractivity contribution in [3.8, 4) is 5.75 Å². The summed E-state index contributed by atoms with van der Waals surface area (Å²) < 4.78 is 12.9. The smallest absolute Gasteiger partial charge is 0.310 e. The van der Waals surface area contributed by atoms with E-state index in [0.29, 0.717) is 17.5 Å². The Hall–Kier alpha value is -1.58. The molecule has 0 bridgehead atoms. The summed E-state index contributed by atoms with van der Waals surface area (Å²) in [6.07, 6.45) is 0.404. The van der Waals surface area contributed by atoms with E-state index >= 15 is 0 Å². The third kappa shape index (κ3) is 2.26. The van der Waals surface area contributed by atoms with E-state index in [1.807, 2.05) is 0 Å². The average molecular weight is 212 g/mol. The zero-order valence-electron chi connectivity index (χ0n) is 8.62. The number of benzene rings is 1. The summed E-state index contributed by atoms with van der Waals surface area (Å²) in [4.78, 5) is 10.9. The summed E-state index contributed by atoms with van der Waals surface area (Å²) in [7, 11) is 0. The van der Waals surface area contributed by atoms with Gasteiger partial charge in [0.15, 0.2) is 11.6 Å². The maximum Gasteiger partial charge on any atom is 0.310 e. The molecule has 0 aliphatic heterocycles. The monoisotopic (exact) mass is 212 g/mol. The molecule has 1 unspecified atom stereocenters. The summed E-state index contributed by atoms with van der Waals surface area (Å²) in [5.41, 5.74) is 1.00. The van der Waals surface area contributed by atoms with Crippen LogP contribution in [0.5, 0.6) is 5.75 Å². The molecule has 0 fully saturated rings. The first-order valence-electron chi connectivity index (χ1n) is 4.69. The standard InChI is InChI=1S/C11H13FO3/c1-3-7(11(14)15)8-5-10(13)9(12)4-6(8)2/h4-5,7,13H,3H2,1-2H3,(H,14,15). The highest BCUT2D eigenvalue weighted by Gasteiger charge is 2.21. The highest BCUT2D eigenvalue weighted by atomic mass is 19.1.